The van der Waals surface area contributed by atoms with Crippen molar-refractivity contribution in [3.63, 3.8) is 0 Å². The van der Waals surface area contributed by atoms with Gasteiger partial charge in [-0.3, -0.25) is 0 Å². The van der Waals surface area contributed by atoms with Crippen molar-refractivity contribution in [2.45, 2.75) is 51.9 Å². The molecule has 2 atom stereocenters. The molecule has 1 aliphatic heterocycles. The minimum Gasteiger partial charge on any atom is -0.384 e. The van der Waals surface area contributed by atoms with E-state index >= 15 is 0 Å². The Bertz CT molecular complexity index is 338. The first-order chi connectivity index (χ1) is 7.06. The number of aromatic nitrogens is 2. The highest BCUT2D eigenvalue weighted by atomic mass is 16.5. The van der Waals surface area contributed by atoms with Gasteiger partial charge >= 0.3 is 0 Å². The molecule has 0 saturated carbocycles. The van der Waals surface area contributed by atoms with E-state index in [1.807, 2.05) is 17.7 Å². The number of hydrogen-bond acceptors (Lipinski definition) is 3. The first kappa shape index (κ1) is 10.5. The van der Waals surface area contributed by atoms with Crippen molar-refractivity contribution in [2.24, 2.45) is 0 Å². The molecule has 0 aromatic carbocycles. The number of nitrogens with zero attached hydrogens (tertiary/aromatic N) is 2. The Morgan fingerprint density at radius 3 is 2.47 bits per heavy atom. The summed E-state index contributed by atoms with van der Waals surface area (Å²) in [6, 6.07) is 2.31. The molecule has 84 valence electrons. The lowest BCUT2D eigenvalue weighted by Gasteiger charge is -2.32. The van der Waals surface area contributed by atoms with Gasteiger partial charge in [0.15, 0.2) is 0 Å². The van der Waals surface area contributed by atoms with Crippen LogP contribution < -0.4 is 5.73 Å². The van der Waals surface area contributed by atoms with Crippen LogP contribution in [0.3, 0.4) is 0 Å². The van der Waals surface area contributed by atoms with Crippen molar-refractivity contribution in [1.29, 1.82) is 0 Å². The number of rotatable bonds is 1. The highest BCUT2D eigenvalue weighted by Gasteiger charge is 2.27. The van der Waals surface area contributed by atoms with Crippen LogP contribution >= 0.6 is 0 Å². The van der Waals surface area contributed by atoms with Gasteiger partial charge < -0.3 is 10.5 Å². The predicted molar refractivity (Wildman–Crippen MR) is 59.7 cm³/mol. The zero-order valence-electron chi connectivity index (χ0n) is 9.60. The van der Waals surface area contributed by atoms with Crippen molar-refractivity contribution < 1.29 is 4.74 Å². The average Bonchev–Trinajstić information content (AvgIpc) is 2.43. The van der Waals surface area contributed by atoms with Crippen LogP contribution in [-0.4, -0.2) is 22.0 Å². The molecular formula is C11H19N3O. The van der Waals surface area contributed by atoms with E-state index in [4.69, 9.17) is 10.5 Å². The molecule has 0 amide bonds. The number of nitrogen functional groups attached to an aromatic ring is 1. The molecule has 4 nitrogen and oxygen atoms in total. The van der Waals surface area contributed by atoms with Crippen LogP contribution in [0.4, 0.5) is 5.82 Å². The molecule has 1 aliphatic rings. The van der Waals surface area contributed by atoms with E-state index in [0.717, 1.165) is 24.4 Å². The van der Waals surface area contributed by atoms with E-state index in [1.165, 1.54) is 0 Å². The van der Waals surface area contributed by atoms with E-state index in [2.05, 4.69) is 18.9 Å². The molecule has 2 unspecified atom stereocenters. The highest BCUT2D eigenvalue weighted by molar-refractivity contribution is 5.30. The summed E-state index contributed by atoms with van der Waals surface area (Å²) in [5, 5.41) is 4.44. The van der Waals surface area contributed by atoms with Gasteiger partial charge in [-0.1, -0.05) is 0 Å². The Morgan fingerprint density at radius 2 is 2.00 bits per heavy atom. The number of ether oxygens (including phenoxy) is 1. The van der Waals surface area contributed by atoms with E-state index in [0.29, 0.717) is 18.2 Å². The molecule has 0 spiro atoms. The third-order valence-corrected chi connectivity index (χ3v) is 2.91. The standard InChI is InChI=1S/C11H19N3O/c1-7-4-11(12)14(13-7)10-5-8(2)15-9(3)6-10/h4,8-10H,5-6,12H2,1-3H3. The summed E-state index contributed by atoms with van der Waals surface area (Å²) >= 11 is 0. The summed E-state index contributed by atoms with van der Waals surface area (Å²) in [4.78, 5) is 0. The smallest absolute Gasteiger partial charge is 0.122 e. The zero-order chi connectivity index (χ0) is 11.0. The SMILES string of the molecule is Cc1cc(N)n(C2CC(C)OC(C)C2)n1. The largest absolute Gasteiger partial charge is 0.384 e. The first-order valence-electron chi connectivity index (χ1n) is 5.53. The van der Waals surface area contributed by atoms with Gasteiger partial charge in [0.2, 0.25) is 0 Å². The molecule has 1 saturated heterocycles. The summed E-state index contributed by atoms with van der Waals surface area (Å²) in [6.07, 6.45) is 2.58. The van der Waals surface area contributed by atoms with Crippen LogP contribution in [0.2, 0.25) is 0 Å². The third kappa shape index (κ3) is 2.15. The molecule has 0 radical (unpaired) electrons. The average molecular weight is 209 g/mol. The monoisotopic (exact) mass is 209 g/mol. The molecule has 1 aromatic rings. The lowest BCUT2D eigenvalue weighted by Crippen LogP contribution is -2.31. The number of nitrogens with two attached hydrogens (primary N) is 1. The van der Waals surface area contributed by atoms with Crippen molar-refractivity contribution in [2.75, 3.05) is 5.73 Å². The van der Waals surface area contributed by atoms with Crippen LogP contribution in [0, 0.1) is 6.92 Å². The number of hydrogen-bond donors (Lipinski definition) is 1. The molecule has 0 bridgehead atoms. The molecule has 1 fully saturated rings. The Morgan fingerprint density at radius 1 is 1.40 bits per heavy atom. The first-order valence-corrected chi connectivity index (χ1v) is 5.53. The Kier molecular flexibility index (Phi) is 2.69. The minimum atomic E-state index is 0.294. The minimum absolute atomic E-state index is 0.294. The molecule has 4 heteroatoms. The Balaban J connectivity index is 2.19. The molecule has 2 N–H and O–H groups in total. The Hall–Kier alpha value is -1.03. The maximum atomic E-state index is 5.92. The topological polar surface area (TPSA) is 53.1 Å². The quantitative estimate of drug-likeness (QED) is 0.768. The van der Waals surface area contributed by atoms with Crippen LogP contribution in [0.5, 0.6) is 0 Å². The number of anilines is 1. The highest BCUT2D eigenvalue weighted by Crippen LogP contribution is 2.30. The van der Waals surface area contributed by atoms with Gasteiger partial charge in [0.25, 0.3) is 0 Å². The van der Waals surface area contributed by atoms with E-state index < -0.39 is 0 Å². The predicted octanol–water partition coefficient (Wildman–Crippen LogP) is 1.90. The summed E-state index contributed by atoms with van der Waals surface area (Å²) in [5.74, 6) is 0.763. The van der Waals surface area contributed by atoms with Crippen molar-refractivity contribution >= 4 is 5.82 Å². The summed E-state index contributed by atoms with van der Waals surface area (Å²) in [7, 11) is 0. The third-order valence-electron chi connectivity index (χ3n) is 2.91. The van der Waals surface area contributed by atoms with Gasteiger partial charge in [0.05, 0.1) is 23.9 Å². The second-order valence-corrected chi connectivity index (χ2v) is 4.54. The molecule has 2 rings (SSSR count). The van der Waals surface area contributed by atoms with Gasteiger partial charge in [-0.15, -0.1) is 0 Å². The summed E-state index contributed by atoms with van der Waals surface area (Å²) in [6.45, 7) is 6.18. The van der Waals surface area contributed by atoms with Crippen molar-refractivity contribution in [1.82, 2.24) is 9.78 Å². The fourth-order valence-corrected chi connectivity index (χ4v) is 2.40. The van der Waals surface area contributed by atoms with Crippen molar-refractivity contribution in [3.05, 3.63) is 11.8 Å². The molecule has 0 aliphatic carbocycles. The lowest BCUT2D eigenvalue weighted by atomic mass is 10.0. The van der Waals surface area contributed by atoms with Gasteiger partial charge in [0, 0.05) is 6.07 Å². The fraction of sp³-hybridized carbons (Fsp3) is 0.727. The fourth-order valence-electron chi connectivity index (χ4n) is 2.40. The Labute approximate surface area is 90.4 Å². The van der Waals surface area contributed by atoms with Crippen LogP contribution in [0.1, 0.15) is 38.4 Å². The molecule has 15 heavy (non-hydrogen) atoms. The van der Waals surface area contributed by atoms with Crippen LogP contribution in [0.15, 0.2) is 6.07 Å². The zero-order valence-corrected chi connectivity index (χ0v) is 9.60. The molecule has 2 heterocycles. The van der Waals surface area contributed by atoms with Crippen LogP contribution in [-0.2, 0) is 4.74 Å². The van der Waals surface area contributed by atoms with E-state index in [9.17, 15) is 0 Å². The van der Waals surface area contributed by atoms with E-state index in [1.54, 1.807) is 0 Å². The lowest BCUT2D eigenvalue weighted by molar-refractivity contribution is -0.0502. The van der Waals surface area contributed by atoms with Gasteiger partial charge in [-0.25, -0.2) is 4.68 Å². The maximum Gasteiger partial charge on any atom is 0.122 e. The van der Waals surface area contributed by atoms with Crippen molar-refractivity contribution in [3.8, 4) is 0 Å². The second kappa shape index (κ2) is 3.85. The molecular weight excluding hydrogens is 190 g/mol. The summed E-state index contributed by atoms with van der Waals surface area (Å²) < 4.78 is 7.65. The second-order valence-electron chi connectivity index (χ2n) is 4.54. The van der Waals surface area contributed by atoms with E-state index in [-0.39, 0.29) is 0 Å². The normalized spacial score (nSPS) is 31.8. The van der Waals surface area contributed by atoms with Gasteiger partial charge in [-0.2, -0.15) is 5.10 Å². The maximum absolute atomic E-state index is 5.92. The summed E-state index contributed by atoms with van der Waals surface area (Å²) in [5.41, 5.74) is 6.91. The van der Waals surface area contributed by atoms with Gasteiger partial charge in [-0.05, 0) is 33.6 Å². The van der Waals surface area contributed by atoms with Crippen LogP contribution in [0.25, 0.3) is 0 Å². The molecule has 1 aromatic heterocycles. The number of aryl methyl sites for hydroxylation is 1. The van der Waals surface area contributed by atoms with Gasteiger partial charge in [0.1, 0.15) is 5.82 Å².